The number of carbonyl (C=O) groups excluding carboxylic acids is 1. The van der Waals surface area contributed by atoms with Crippen LogP contribution >= 0.6 is 0 Å². The van der Waals surface area contributed by atoms with Gasteiger partial charge in [0, 0.05) is 5.56 Å². The van der Waals surface area contributed by atoms with Crippen molar-refractivity contribution < 1.29 is 14.4 Å². The second kappa shape index (κ2) is 7.14. The molecule has 0 aliphatic carbocycles. The van der Waals surface area contributed by atoms with Crippen molar-refractivity contribution in [2.24, 2.45) is 0 Å². The van der Waals surface area contributed by atoms with Gasteiger partial charge in [0.25, 0.3) is 0 Å². The van der Waals surface area contributed by atoms with Crippen LogP contribution in [0.1, 0.15) is 19.4 Å². The fourth-order valence-corrected chi connectivity index (χ4v) is 1.90. The first-order valence-electron chi connectivity index (χ1n) is 6.88. The van der Waals surface area contributed by atoms with Gasteiger partial charge in [-0.2, -0.15) is 0 Å². The molecule has 0 fully saturated rings. The number of quaternary nitrogens is 1. The molecule has 0 aliphatic rings. The summed E-state index contributed by atoms with van der Waals surface area (Å²) in [7, 11) is 2.19. The van der Waals surface area contributed by atoms with E-state index in [1.54, 1.807) is 18.2 Å². The number of carbonyl (C=O) groups is 1. The van der Waals surface area contributed by atoms with Gasteiger partial charge in [-0.25, -0.2) is 0 Å². The van der Waals surface area contributed by atoms with Crippen LogP contribution in [-0.2, 0) is 11.2 Å². The van der Waals surface area contributed by atoms with E-state index in [-0.39, 0.29) is 18.1 Å². The van der Waals surface area contributed by atoms with Crippen molar-refractivity contribution in [3.8, 4) is 5.75 Å². The molecular weight excluding hydrogens is 240 g/mol. The monoisotopic (exact) mass is 265 g/mol. The highest BCUT2D eigenvalue weighted by molar-refractivity contribution is 5.79. The molecule has 0 saturated carbocycles. The number of hydrogen-bond acceptors (Lipinski definition) is 2. The van der Waals surface area contributed by atoms with Gasteiger partial charge < -0.3 is 14.9 Å². The third kappa shape index (κ3) is 4.91. The average Bonchev–Trinajstić information content (AvgIpc) is 2.41. The van der Waals surface area contributed by atoms with E-state index in [0.29, 0.717) is 12.1 Å². The molecule has 1 rings (SSSR count). The molecule has 0 unspecified atom stereocenters. The van der Waals surface area contributed by atoms with Gasteiger partial charge in [0.2, 0.25) is 5.91 Å². The molecule has 4 nitrogen and oxygen atoms in total. The predicted octanol–water partition coefficient (Wildman–Crippen LogP) is 1.54. The minimum atomic E-state index is -0.0414. The van der Waals surface area contributed by atoms with Gasteiger partial charge in [-0.1, -0.05) is 18.2 Å². The number of nitrogens with zero attached hydrogens (tertiary/aromatic N) is 1. The highest BCUT2D eigenvalue weighted by Gasteiger charge is 2.16. The van der Waals surface area contributed by atoms with E-state index < -0.39 is 0 Å². The summed E-state index contributed by atoms with van der Waals surface area (Å²) in [4.78, 5) is 11.8. The summed E-state index contributed by atoms with van der Waals surface area (Å²) < 4.78 is 0.955. The molecule has 0 radical (unpaired) electrons. The lowest BCUT2D eigenvalue weighted by atomic mass is 10.1. The van der Waals surface area contributed by atoms with Crippen molar-refractivity contribution in [1.29, 1.82) is 0 Å². The van der Waals surface area contributed by atoms with E-state index >= 15 is 0 Å². The average molecular weight is 265 g/mol. The number of phenols is 1. The molecular formula is C15H25N2O2+. The van der Waals surface area contributed by atoms with Gasteiger partial charge in [0.15, 0.2) is 0 Å². The van der Waals surface area contributed by atoms with Crippen LogP contribution in [0.15, 0.2) is 24.3 Å². The van der Waals surface area contributed by atoms with Crippen molar-refractivity contribution in [2.45, 2.75) is 20.3 Å². The molecule has 0 aromatic heterocycles. The lowest BCUT2D eigenvalue weighted by Crippen LogP contribution is -2.48. The third-order valence-corrected chi connectivity index (χ3v) is 3.84. The Morgan fingerprint density at radius 2 is 1.89 bits per heavy atom. The summed E-state index contributed by atoms with van der Waals surface area (Å²) in [5.74, 6) is 0.139. The number of amides is 1. The predicted molar refractivity (Wildman–Crippen MR) is 77.0 cm³/mol. The van der Waals surface area contributed by atoms with Gasteiger partial charge in [0.05, 0.1) is 39.6 Å². The Balaban J connectivity index is 2.39. The second-order valence-electron chi connectivity index (χ2n) is 5.13. The quantitative estimate of drug-likeness (QED) is 0.735. The Bertz CT molecular complexity index is 414. The highest BCUT2D eigenvalue weighted by atomic mass is 16.3. The topological polar surface area (TPSA) is 49.3 Å². The fourth-order valence-electron chi connectivity index (χ4n) is 1.90. The molecule has 0 aliphatic heterocycles. The smallest absolute Gasteiger partial charge is 0.224 e. The number of aromatic hydroxyl groups is 1. The second-order valence-corrected chi connectivity index (χ2v) is 5.13. The van der Waals surface area contributed by atoms with Crippen molar-refractivity contribution in [2.75, 3.05) is 33.2 Å². The fraction of sp³-hybridized carbons (Fsp3) is 0.533. The lowest BCUT2D eigenvalue weighted by Gasteiger charge is -2.32. The van der Waals surface area contributed by atoms with E-state index in [9.17, 15) is 9.90 Å². The summed E-state index contributed by atoms with van der Waals surface area (Å²) in [5, 5.41) is 12.5. The van der Waals surface area contributed by atoms with Gasteiger partial charge in [0.1, 0.15) is 5.75 Å². The standard InChI is InChI=1S/C15H24N2O2/c1-4-17(3,5-2)11-10-16-15(19)12-13-8-6-7-9-14(13)18/h6-9H,4-5,10-12H2,1-3H3,(H-,16,18,19)/p+1. The van der Waals surface area contributed by atoms with E-state index in [2.05, 4.69) is 26.2 Å². The van der Waals surface area contributed by atoms with Crippen LogP contribution in [0.2, 0.25) is 0 Å². The summed E-state index contributed by atoms with van der Waals surface area (Å²) in [6, 6.07) is 6.95. The molecule has 0 heterocycles. The SMILES string of the molecule is CC[N+](C)(CC)CCNC(=O)Cc1ccccc1O. The Morgan fingerprint density at radius 3 is 2.47 bits per heavy atom. The first-order valence-corrected chi connectivity index (χ1v) is 6.88. The van der Waals surface area contributed by atoms with Crippen LogP contribution in [0.25, 0.3) is 0 Å². The Hall–Kier alpha value is -1.55. The van der Waals surface area contributed by atoms with E-state index in [4.69, 9.17) is 0 Å². The summed E-state index contributed by atoms with van der Waals surface area (Å²) in [5.41, 5.74) is 0.670. The molecule has 1 aromatic carbocycles. The number of nitrogens with one attached hydrogen (secondary N) is 1. The first-order chi connectivity index (χ1) is 9.00. The molecule has 0 spiro atoms. The van der Waals surface area contributed by atoms with Crippen molar-refractivity contribution in [3.05, 3.63) is 29.8 Å². The number of para-hydroxylation sites is 1. The molecule has 19 heavy (non-hydrogen) atoms. The van der Waals surface area contributed by atoms with Crippen molar-refractivity contribution in [1.82, 2.24) is 5.32 Å². The summed E-state index contributed by atoms with van der Waals surface area (Å²) >= 11 is 0. The summed E-state index contributed by atoms with van der Waals surface area (Å²) in [6.07, 6.45) is 0.231. The normalized spacial score (nSPS) is 11.3. The maximum Gasteiger partial charge on any atom is 0.224 e. The third-order valence-electron chi connectivity index (χ3n) is 3.84. The van der Waals surface area contributed by atoms with E-state index in [1.807, 2.05) is 6.07 Å². The number of rotatable bonds is 7. The zero-order chi connectivity index (χ0) is 14.3. The van der Waals surface area contributed by atoms with Crippen LogP contribution in [-0.4, -0.2) is 48.7 Å². The molecule has 0 saturated heterocycles. The molecule has 1 aromatic rings. The number of benzene rings is 1. The van der Waals surface area contributed by atoms with E-state index in [0.717, 1.165) is 24.1 Å². The van der Waals surface area contributed by atoms with Crippen LogP contribution in [0, 0.1) is 0 Å². The molecule has 4 heteroatoms. The Labute approximate surface area is 115 Å². The van der Waals surface area contributed by atoms with Crippen LogP contribution in [0.5, 0.6) is 5.75 Å². The van der Waals surface area contributed by atoms with Gasteiger partial charge in [-0.3, -0.25) is 4.79 Å². The van der Waals surface area contributed by atoms with Crippen LogP contribution in [0.4, 0.5) is 0 Å². The zero-order valence-corrected chi connectivity index (χ0v) is 12.1. The van der Waals surface area contributed by atoms with Crippen molar-refractivity contribution in [3.63, 3.8) is 0 Å². The molecule has 2 N–H and O–H groups in total. The minimum Gasteiger partial charge on any atom is -0.508 e. The minimum absolute atomic E-state index is 0.0414. The highest BCUT2D eigenvalue weighted by Crippen LogP contribution is 2.15. The number of likely N-dealkylation sites (N-methyl/N-ethyl adjacent to an activating group) is 1. The van der Waals surface area contributed by atoms with Crippen molar-refractivity contribution >= 4 is 5.91 Å². The zero-order valence-electron chi connectivity index (χ0n) is 12.1. The summed E-state index contributed by atoms with van der Waals surface area (Å²) in [6.45, 7) is 8.04. The maximum absolute atomic E-state index is 11.8. The largest absolute Gasteiger partial charge is 0.508 e. The van der Waals surface area contributed by atoms with Crippen LogP contribution < -0.4 is 5.32 Å². The van der Waals surface area contributed by atoms with E-state index in [1.165, 1.54) is 0 Å². The molecule has 0 bridgehead atoms. The van der Waals surface area contributed by atoms with Gasteiger partial charge >= 0.3 is 0 Å². The number of phenolic OH excluding ortho intramolecular Hbond substituents is 1. The lowest BCUT2D eigenvalue weighted by molar-refractivity contribution is -0.904. The Morgan fingerprint density at radius 1 is 1.26 bits per heavy atom. The van der Waals surface area contributed by atoms with Crippen LogP contribution in [0.3, 0.4) is 0 Å². The molecule has 0 atom stereocenters. The maximum atomic E-state index is 11.8. The first kappa shape index (κ1) is 15.5. The number of hydrogen-bond donors (Lipinski definition) is 2. The van der Waals surface area contributed by atoms with Gasteiger partial charge in [-0.15, -0.1) is 0 Å². The molecule has 106 valence electrons. The Kier molecular flexibility index (Phi) is 5.83. The molecule has 1 amide bonds. The van der Waals surface area contributed by atoms with Gasteiger partial charge in [-0.05, 0) is 19.9 Å².